The number of hydrogen-bond acceptors (Lipinski definition) is 6. The summed E-state index contributed by atoms with van der Waals surface area (Å²) in [5.41, 5.74) is 0.536. The van der Waals surface area contributed by atoms with Crippen LogP contribution in [-0.4, -0.2) is 36.3 Å². The monoisotopic (exact) mass is 405 g/mol. The van der Waals surface area contributed by atoms with Crippen molar-refractivity contribution in [3.8, 4) is 17.4 Å². The lowest BCUT2D eigenvalue weighted by Crippen LogP contribution is -3.11. The molecule has 0 saturated carbocycles. The summed E-state index contributed by atoms with van der Waals surface area (Å²) in [5, 5.41) is 11.4. The lowest BCUT2D eigenvalue weighted by Gasteiger charge is -2.17. The topological polar surface area (TPSA) is 94.8 Å². The third kappa shape index (κ3) is 5.11. The molecule has 0 aliphatic rings. The number of amides is 1. The van der Waals surface area contributed by atoms with E-state index >= 15 is 0 Å². The number of nitrogens with one attached hydrogen (secondary N) is 2. The van der Waals surface area contributed by atoms with E-state index in [1.54, 1.807) is 43.7 Å². The van der Waals surface area contributed by atoms with Crippen LogP contribution in [0.1, 0.15) is 19.2 Å². The normalized spacial score (nSPS) is 12.0. The highest BCUT2D eigenvalue weighted by atomic mass is 35.5. The number of methoxy groups -OCH3 is 1. The lowest BCUT2D eigenvalue weighted by molar-refractivity contribution is -0.907. The smallest absolute Gasteiger partial charge is 0.283 e. The standard InChI is InChI=1S/C19H21ClN4O4/c1-3-8-24(12-18-22-23-19(28-18)16-5-4-9-27-16)11-17(25)21-14-10-13(20)6-7-15(14)26-2/h4-7,9-10H,3,8,11-12H2,1-2H3,(H,21,25)/p+1. The first-order valence-corrected chi connectivity index (χ1v) is 9.30. The Kier molecular flexibility index (Phi) is 6.67. The minimum absolute atomic E-state index is 0.158. The molecule has 0 saturated heterocycles. The number of aromatic nitrogens is 2. The molecule has 9 heteroatoms. The number of anilines is 1. The Hall–Kier alpha value is -2.84. The van der Waals surface area contributed by atoms with Crippen molar-refractivity contribution in [2.24, 2.45) is 0 Å². The quantitative estimate of drug-likeness (QED) is 0.567. The lowest BCUT2D eigenvalue weighted by atomic mass is 10.3. The molecule has 148 valence electrons. The first-order chi connectivity index (χ1) is 13.6. The van der Waals surface area contributed by atoms with E-state index in [9.17, 15) is 4.79 Å². The van der Waals surface area contributed by atoms with Crippen LogP contribution in [0.4, 0.5) is 5.69 Å². The van der Waals surface area contributed by atoms with Crippen molar-refractivity contribution < 1.29 is 23.3 Å². The Morgan fingerprint density at radius 2 is 2.18 bits per heavy atom. The molecule has 2 N–H and O–H groups in total. The molecule has 1 aromatic carbocycles. The number of benzene rings is 1. The van der Waals surface area contributed by atoms with Crippen LogP contribution in [0.5, 0.6) is 5.75 Å². The van der Waals surface area contributed by atoms with Crippen LogP contribution in [0, 0.1) is 0 Å². The minimum Gasteiger partial charge on any atom is -0.495 e. The Labute approximate surface area is 167 Å². The maximum absolute atomic E-state index is 12.5. The number of halogens is 1. The van der Waals surface area contributed by atoms with Crippen molar-refractivity contribution in [1.29, 1.82) is 0 Å². The molecule has 1 unspecified atom stereocenters. The van der Waals surface area contributed by atoms with Gasteiger partial charge in [0.2, 0.25) is 0 Å². The molecular formula is C19H22ClN4O4+. The predicted octanol–water partition coefficient (Wildman–Crippen LogP) is 2.43. The number of carbonyl (C=O) groups excluding carboxylic acids is 1. The number of rotatable bonds is 9. The van der Waals surface area contributed by atoms with Crippen molar-refractivity contribution in [3.05, 3.63) is 47.5 Å². The van der Waals surface area contributed by atoms with Crippen LogP contribution in [-0.2, 0) is 11.3 Å². The summed E-state index contributed by atoms with van der Waals surface area (Å²) >= 11 is 6.02. The predicted molar refractivity (Wildman–Crippen MR) is 103 cm³/mol. The molecule has 0 aliphatic heterocycles. The zero-order chi connectivity index (χ0) is 19.9. The van der Waals surface area contributed by atoms with Gasteiger partial charge in [-0.3, -0.25) is 4.79 Å². The number of nitrogens with zero attached hydrogens (tertiary/aromatic N) is 2. The molecule has 0 aliphatic carbocycles. The zero-order valence-corrected chi connectivity index (χ0v) is 16.5. The molecule has 3 rings (SSSR count). The number of ether oxygens (including phenoxy) is 1. The fourth-order valence-electron chi connectivity index (χ4n) is 2.83. The summed E-state index contributed by atoms with van der Waals surface area (Å²) in [5.74, 6) is 1.68. The molecule has 0 radical (unpaired) electrons. The minimum atomic E-state index is -0.158. The van der Waals surface area contributed by atoms with Gasteiger partial charge in [0.15, 0.2) is 18.8 Å². The van der Waals surface area contributed by atoms with E-state index in [-0.39, 0.29) is 12.5 Å². The Bertz CT molecular complexity index is 911. The Balaban J connectivity index is 1.64. The Morgan fingerprint density at radius 3 is 2.89 bits per heavy atom. The molecule has 1 amide bonds. The Morgan fingerprint density at radius 1 is 1.32 bits per heavy atom. The van der Waals surface area contributed by atoms with Crippen molar-refractivity contribution >= 4 is 23.2 Å². The highest BCUT2D eigenvalue weighted by Crippen LogP contribution is 2.27. The third-order valence-electron chi connectivity index (χ3n) is 4.05. The average Bonchev–Trinajstić information content (AvgIpc) is 3.33. The second-order valence-electron chi connectivity index (χ2n) is 6.22. The van der Waals surface area contributed by atoms with E-state index < -0.39 is 0 Å². The second kappa shape index (κ2) is 9.38. The molecular weight excluding hydrogens is 384 g/mol. The highest BCUT2D eigenvalue weighted by molar-refractivity contribution is 6.31. The third-order valence-corrected chi connectivity index (χ3v) is 4.28. The summed E-state index contributed by atoms with van der Waals surface area (Å²) in [6.45, 7) is 3.50. The molecule has 2 aromatic heterocycles. The van der Waals surface area contributed by atoms with Gasteiger partial charge in [0.05, 0.1) is 25.6 Å². The van der Waals surface area contributed by atoms with Gasteiger partial charge in [-0.1, -0.05) is 18.5 Å². The highest BCUT2D eigenvalue weighted by Gasteiger charge is 2.20. The fourth-order valence-corrected chi connectivity index (χ4v) is 3.00. The van der Waals surface area contributed by atoms with Crippen LogP contribution in [0.15, 0.2) is 45.4 Å². The SMILES string of the molecule is CCC[NH+](CC(=O)Nc1cc(Cl)ccc1OC)Cc1nnc(-c2ccco2)o1. The molecule has 0 spiro atoms. The van der Waals surface area contributed by atoms with Gasteiger partial charge in [0.1, 0.15) is 5.75 Å². The van der Waals surface area contributed by atoms with Gasteiger partial charge in [-0.25, -0.2) is 0 Å². The van der Waals surface area contributed by atoms with Crippen LogP contribution in [0.3, 0.4) is 0 Å². The first kappa shape index (κ1) is 19.9. The van der Waals surface area contributed by atoms with Crippen molar-refractivity contribution in [2.45, 2.75) is 19.9 Å². The molecule has 0 fully saturated rings. The van der Waals surface area contributed by atoms with Gasteiger partial charge < -0.3 is 23.8 Å². The number of furan rings is 1. The molecule has 1 atom stereocenters. The summed E-state index contributed by atoms with van der Waals surface area (Å²) in [7, 11) is 1.54. The van der Waals surface area contributed by atoms with Gasteiger partial charge in [0, 0.05) is 5.02 Å². The maximum Gasteiger partial charge on any atom is 0.283 e. The summed E-state index contributed by atoms with van der Waals surface area (Å²) in [6, 6.07) is 8.58. The van der Waals surface area contributed by atoms with Gasteiger partial charge in [-0.15, -0.1) is 10.2 Å². The van der Waals surface area contributed by atoms with Crippen LogP contribution in [0.2, 0.25) is 5.02 Å². The van der Waals surface area contributed by atoms with Crippen LogP contribution in [0.25, 0.3) is 11.7 Å². The van der Waals surface area contributed by atoms with Gasteiger partial charge in [-0.2, -0.15) is 0 Å². The largest absolute Gasteiger partial charge is 0.495 e. The first-order valence-electron chi connectivity index (χ1n) is 8.92. The van der Waals surface area contributed by atoms with Gasteiger partial charge in [-0.05, 0) is 36.8 Å². The van der Waals surface area contributed by atoms with Gasteiger partial charge in [0.25, 0.3) is 17.7 Å². The van der Waals surface area contributed by atoms with E-state index in [1.807, 2.05) is 0 Å². The fraction of sp³-hybridized carbons (Fsp3) is 0.316. The number of carbonyl (C=O) groups is 1. The van der Waals surface area contributed by atoms with Crippen molar-refractivity contribution in [3.63, 3.8) is 0 Å². The van der Waals surface area contributed by atoms with E-state index in [1.165, 1.54) is 0 Å². The molecule has 3 aromatic rings. The van der Waals surface area contributed by atoms with Crippen LogP contribution < -0.4 is 15.0 Å². The summed E-state index contributed by atoms with van der Waals surface area (Å²) in [6.07, 6.45) is 2.45. The molecule has 28 heavy (non-hydrogen) atoms. The molecule has 0 bridgehead atoms. The van der Waals surface area contributed by atoms with E-state index in [0.717, 1.165) is 17.9 Å². The summed E-state index contributed by atoms with van der Waals surface area (Å²) in [4.78, 5) is 13.5. The number of hydrogen-bond donors (Lipinski definition) is 2. The van der Waals surface area contributed by atoms with E-state index in [2.05, 4.69) is 22.4 Å². The zero-order valence-electron chi connectivity index (χ0n) is 15.7. The second-order valence-corrected chi connectivity index (χ2v) is 6.66. The van der Waals surface area contributed by atoms with Crippen LogP contribution >= 0.6 is 11.6 Å². The number of quaternary nitrogens is 1. The molecule has 2 heterocycles. The average molecular weight is 406 g/mol. The maximum atomic E-state index is 12.5. The van der Waals surface area contributed by atoms with E-state index in [4.69, 9.17) is 25.2 Å². The van der Waals surface area contributed by atoms with Crippen molar-refractivity contribution in [2.75, 3.05) is 25.5 Å². The summed E-state index contributed by atoms with van der Waals surface area (Å²) < 4.78 is 16.2. The molecule has 8 nitrogen and oxygen atoms in total. The van der Waals surface area contributed by atoms with E-state index in [0.29, 0.717) is 40.5 Å². The van der Waals surface area contributed by atoms with Crippen molar-refractivity contribution in [1.82, 2.24) is 10.2 Å². The van der Waals surface area contributed by atoms with Gasteiger partial charge >= 0.3 is 0 Å².